The van der Waals surface area contributed by atoms with Crippen LogP contribution in [0.25, 0.3) is 11.1 Å². The Morgan fingerprint density at radius 3 is 2.04 bits per heavy atom. The predicted octanol–water partition coefficient (Wildman–Crippen LogP) is 6.33. The Kier molecular flexibility index (Phi) is 5.80. The summed E-state index contributed by atoms with van der Waals surface area (Å²) in [7, 11) is 0. The van der Waals surface area contributed by atoms with Crippen LogP contribution in [0.4, 0.5) is 0 Å². The molecule has 0 fully saturated rings. The summed E-state index contributed by atoms with van der Waals surface area (Å²) in [4.78, 5) is 0. The van der Waals surface area contributed by atoms with Gasteiger partial charge in [-0.1, -0.05) is 83.9 Å². The Hall–Kier alpha value is -1.80. The topological polar surface area (TPSA) is 26.0 Å². The normalized spacial score (nSPS) is 13.4. The van der Waals surface area contributed by atoms with Crippen LogP contribution in [0.5, 0.6) is 0 Å². The molecule has 0 saturated heterocycles. The van der Waals surface area contributed by atoms with E-state index in [1.165, 1.54) is 16.7 Å². The second-order valence-electron chi connectivity index (χ2n) is 6.41. The van der Waals surface area contributed by atoms with Crippen molar-refractivity contribution < 1.29 is 0 Å². The maximum Gasteiger partial charge on any atom is 0.0595 e. The second-order valence-corrected chi connectivity index (χ2v) is 7.22. The zero-order chi connectivity index (χ0) is 17.8. The molecule has 128 valence electrons. The van der Waals surface area contributed by atoms with E-state index < -0.39 is 0 Å². The summed E-state index contributed by atoms with van der Waals surface area (Å²) in [5.41, 5.74) is 11.1. The summed E-state index contributed by atoms with van der Waals surface area (Å²) in [6.07, 6.45) is 0.833. The summed E-state index contributed by atoms with van der Waals surface area (Å²) in [6.45, 7) is 2.05. The molecule has 3 rings (SSSR count). The molecule has 1 nitrogen and oxygen atoms in total. The molecule has 0 aliphatic rings. The number of benzene rings is 3. The van der Waals surface area contributed by atoms with E-state index in [1.54, 1.807) is 0 Å². The first-order chi connectivity index (χ1) is 12.0. The average molecular weight is 370 g/mol. The molecule has 3 aromatic carbocycles. The SMILES string of the molecule is CC(N)C(Cc1ccc(Cl)c(Cl)c1)c1ccc(-c2ccccc2)cc1. The van der Waals surface area contributed by atoms with Gasteiger partial charge in [0.2, 0.25) is 0 Å². The van der Waals surface area contributed by atoms with Gasteiger partial charge in [-0.3, -0.25) is 0 Å². The highest BCUT2D eigenvalue weighted by molar-refractivity contribution is 6.42. The van der Waals surface area contributed by atoms with Crippen molar-refractivity contribution in [3.8, 4) is 11.1 Å². The molecule has 0 bridgehead atoms. The highest BCUT2D eigenvalue weighted by Gasteiger charge is 2.17. The molecule has 2 N–H and O–H groups in total. The summed E-state index contributed by atoms with van der Waals surface area (Å²) in [5, 5.41) is 1.16. The van der Waals surface area contributed by atoms with Gasteiger partial charge in [0.15, 0.2) is 0 Å². The third-order valence-corrected chi connectivity index (χ3v) is 5.26. The van der Waals surface area contributed by atoms with Crippen LogP contribution < -0.4 is 5.73 Å². The van der Waals surface area contributed by atoms with Crippen molar-refractivity contribution in [3.63, 3.8) is 0 Å². The number of hydrogen-bond donors (Lipinski definition) is 1. The summed E-state index contributed by atoms with van der Waals surface area (Å²) in [6, 6.07) is 24.9. The van der Waals surface area contributed by atoms with Crippen LogP contribution in [-0.2, 0) is 6.42 Å². The van der Waals surface area contributed by atoms with Gasteiger partial charge in [-0.2, -0.15) is 0 Å². The van der Waals surface area contributed by atoms with Crippen molar-refractivity contribution in [1.82, 2.24) is 0 Å². The van der Waals surface area contributed by atoms with Crippen LogP contribution in [-0.4, -0.2) is 6.04 Å². The second kappa shape index (κ2) is 8.05. The maximum atomic E-state index is 6.27. The lowest BCUT2D eigenvalue weighted by Gasteiger charge is -2.22. The molecule has 2 unspecified atom stereocenters. The lowest BCUT2D eigenvalue weighted by molar-refractivity contribution is 0.565. The van der Waals surface area contributed by atoms with Crippen LogP contribution in [0.2, 0.25) is 10.0 Å². The molecule has 0 saturated carbocycles. The molecule has 3 aromatic rings. The van der Waals surface area contributed by atoms with Crippen molar-refractivity contribution >= 4 is 23.2 Å². The molecular weight excluding hydrogens is 349 g/mol. The first-order valence-corrected chi connectivity index (χ1v) is 9.15. The first-order valence-electron chi connectivity index (χ1n) is 8.39. The van der Waals surface area contributed by atoms with Gasteiger partial charge in [0.25, 0.3) is 0 Å². The van der Waals surface area contributed by atoms with Crippen LogP contribution >= 0.6 is 23.2 Å². The molecule has 0 radical (unpaired) electrons. The summed E-state index contributed by atoms with van der Waals surface area (Å²) in [5.74, 6) is 0.224. The quantitative estimate of drug-likeness (QED) is 0.558. The Morgan fingerprint density at radius 2 is 1.44 bits per heavy atom. The molecule has 0 spiro atoms. The lowest BCUT2D eigenvalue weighted by Crippen LogP contribution is -2.26. The van der Waals surface area contributed by atoms with Crippen molar-refractivity contribution in [2.75, 3.05) is 0 Å². The standard InChI is InChI=1S/C22H21Cl2N/c1-15(25)20(13-16-7-12-21(23)22(24)14-16)19-10-8-18(9-11-19)17-5-3-2-4-6-17/h2-12,14-15,20H,13,25H2,1H3. The highest BCUT2D eigenvalue weighted by Crippen LogP contribution is 2.29. The largest absolute Gasteiger partial charge is 0.327 e. The summed E-state index contributed by atoms with van der Waals surface area (Å²) >= 11 is 12.2. The van der Waals surface area contributed by atoms with Gasteiger partial charge in [-0.05, 0) is 47.7 Å². The molecule has 0 aliphatic heterocycles. The minimum atomic E-state index is 0.0389. The van der Waals surface area contributed by atoms with Gasteiger partial charge < -0.3 is 5.73 Å². The zero-order valence-electron chi connectivity index (χ0n) is 14.1. The van der Waals surface area contributed by atoms with E-state index in [1.807, 2.05) is 31.2 Å². The Balaban J connectivity index is 1.84. The van der Waals surface area contributed by atoms with E-state index in [0.717, 1.165) is 12.0 Å². The lowest BCUT2D eigenvalue weighted by atomic mass is 9.86. The average Bonchev–Trinajstić information content (AvgIpc) is 2.63. The van der Waals surface area contributed by atoms with Crippen LogP contribution in [0.1, 0.15) is 24.0 Å². The van der Waals surface area contributed by atoms with Crippen LogP contribution in [0.3, 0.4) is 0 Å². The van der Waals surface area contributed by atoms with Gasteiger partial charge in [-0.15, -0.1) is 0 Å². The minimum Gasteiger partial charge on any atom is -0.327 e. The molecule has 0 aromatic heterocycles. The Morgan fingerprint density at radius 1 is 0.800 bits per heavy atom. The maximum absolute atomic E-state index is 6.27. The molecule has 0 heterocycles. The van der Waals surface area contributed by atoms with Gasteiger partial charge >= 0.3 is 0 Å². The van der Waals surface area contributed by atoms with Gasteiger partial charge in [0.1, 0.15) is 0 Å². The monoisotopic (exact) mass is 369 g/mol. The van der Waals surface area contributed by atoms with Crippen molar-refractivity contribution in [1.29, 1.82) is 0 Å². The van der Waals surface area contributed by atoms with Crippen LogP contribution in [0, 0.1) is 0 Å². The van der Waals surface area contributed by atoms with E-state index in [0.29, 0.717) is 10.0 Å². The van der Waals surface area contributed by atoms with E-state index in [9.17, 15) is 0 Å². The predicted molar refractivity (Wildman–Crippen MR) is 108 cm³/mol. The van der Waals surface area contributed by atoms with E-state index in [-0.39, 0.29) is 12.0 Å². The fourth-order valence-corrected chi connectivity index (χ4v) is 3.40. The van der Waals surface area contributed by atoms with Gasteiger partial charge in [-0.25, -0.2) is 0 Å². The summed E-state index contributed by atoms with van der Waals surface area (Å²) < 4.78 is 0. The molecule has 25 heavy (non-hydrogen) atoms. The fraction of sp³-hybridized carbons (Fsp3) is 0.182. The molecule has 2 atom stereocenters. The van der Waals surface area contributed by atoms with E-state index in [4.69, 9.17) is 28.9 Å². The van der Waals surface area contributed by atoms with Crippen molar-refractivity contribution in [2.45, 2.75) is 25.3 Å². The molecule has 0 amide bonds. The number of rotatable bonds is 5. The van der Waals surface area contributed by atoms with Gasteiger partial charge in [0.05, 0.1) is 10.0 Å². The van der Waals surface area contributed by atoms with E-state index in [2.05, 4.69) is 48.5 Å². The third kappa shape index (κ3) is 4.43. The Bertz CT molecular complexity index is 826. The number of nitrogens with two attached hydrogens (primary N) is 1. The van der Waals surface area contributed by atoms with Crippen molar-refractivity contribution in [3.05, 3.63) is 94.0 Å². The first kappa shape index (κ1) is 18.0. The third-order valence-electron chi connectivity index (χ3n) is 4.52. The van der Waals surface area contributed by atoms with E-state index >= 15 is 0 Å². The molecular formula is C22H21Cl2N. The smallest absolute Gasteiger partial charge is 0.0595 e. The number of halogens is 2. The fourth-order valence-electron chi connectivity index (χ4n) is 3.08. The van der Waals surface area contributed by atoms with Crippen LogP contribution in [0.15, 0.2) is 72.8 Å². The number of hydrogen-bond acceptors (Lipinski definition) is 1. The Labute approximate surface area is 159 Å². The minimum absolute atomic E-state index is 0.0389. The van der Waals surface area contributed by atoms with Gasteiger partial charge in [0, 0.05) is 12.0 Å². The van der Waals surface area contributed by atoms with Crippen molar-refractivity contribution in [2.24, 2.45) is 5.73 Å². The highest BCUT2D eigenvalue weighted by atomic mass is 35.5. The zero-order valence-corrected chi connectivity index (χ0v) is 15.6. The molecule has 3 heteroatoms. The molecule has 0 aliphatic carbocycles.